The lowest BCUT2D eigenvalue weighted by Gasteiger charge is -2.19. The van der Waals surface area contributed by atoms with Crippen molar-refractivity contribution in [2.45, 2.75) is 52.2 Å². The molecule has 2 heteroatoms. The Morgan fingerprint density at radius 3 is 2.41 bits per heavy atom. The standard InChI is InChI=1S/C15H23NO/c1-4-14(10-16-13-5-6-13)17-15-8-11(2)7-12(3)9-15/h7-9,13-14,16H,4-6,10H2,1-3H3. The molecule has 17 heavy (non-hydrogen) atoms. The summed E-state index contributed by atoms with van der Waals surface area (Å²) in [6.07, 6.45) is 4.00. The second-order valence-corrected chi connectivity index (χ2v) is 5.15. The summed E-state index contributed by atoms with van der Waals surface area (Å²) >= 11 is 0. The minimum absolute atomic E-state index is 0.289. The number of nitrogens with one attached hydrogen (secondary N) is 1. The van der Waals surface area contributed by atoms with Crippen LogP contribution in [0.4, 0.5) is 0 Å². The maximum atomic E-state index is 6.04. The van der Waals surface area contributed by atoms with Gasteiger partial charge in [0.05, 0.1) is 0 Å². The number of benzene rings is 1. The summed E-state index contributed by atoms with van der Waals surface area (Å²) in [5, 5.41) is 3.53. The molecule has 94 valence electrons. The van der Waals surface area contributed by atoms with Gasteiger partial charge in [-0.3, -0.25) is 0 Å². The Balaban J connectivity index is 1.91. The molecule has 1 atom stereocenters. The van der Waals surface area contributed by atoms with E-state index in [-0.39, 0.29) is 6.10 Å². The Morgan fingerprint density at radius 1 is 1.24 bits per heavy atom. The van der Waals surface area contributed by atoms with Crippen molar-refractivity contribution in [1.82, 2.24) is 5.32 Å². The van der Waals surface area contributed by atoms with Gasteiger partial charge in [-0.15, -0.1) is 0 Å². The van der Waals surface area contributed by atoms with Gasteiger partial charge < -0.3 is 10.1 Å². The van der Waals surface area contributed by atoms with Crippen LogP contribution in [0.1, 0.15) is 37.3 Å². The third-order valence-electron chi connectivity index (χ3n) is 3.16. The Morgan fingerprint density at radius 2 is 1.88 bits per heavy atom. The lowest BCUT2D eigenvalue weighted by Crippen LogP contribution is -2.32. The summed E-state index contributed by atoms with van der Waals surface area (Å²) in [6.45, 7) is 7.38. The third kappa shape index (κ3) is 4.04. The predicted molar refractivity (Wildman–Crippen MR) is 71.6 cm³/mol. The molecule has 0 bridgehead atoms. The summed E-state index contributed by atoms with van der Waals surface area (Å²) in [5.41, 5.74) is 2.54. The maximum Gasteiger partial charge on any atom is 0.120 e. The first-order valence-corrected chi connectivity index (χ1v) is 6.65. The first-order valence-electron chi connectivity index (χ1n) is 6.65. The second-order valence-electron chi connectivity index (χ2n) is 5.15. The van der Waals surface area contributed by atoms with Crippen LogP contribution in [0.2, 0.25) is 0 Å². The normalized spacial score (nSPS) is 16.9. The maximum absolute atomic E-state index is 6.04. The number of hydrogen-bond acceptors (Lipinski definition) is 2. The van der Waals surface area contributed by atoms with Crippen molar-refractivity contribution in [3.63, 3.8) is 0 Å². The first-order chi connectivity index (χ1) is 8.17. The summed E-state index contributed by atoms with van der Waals surface area (Å²) in [4.78, 5) is 0. The average Bonchev–Trinajstić information content (AvgIpc) is 3.06. The SMILES string of the molecule is CCC(CNC1CC1)Oc1cc(C)cc(C)c1. The van der Waals surface area contributed by atoms with E-state index in [2.05, 4.69) is 44.3 Å². The van der Waals surface area contributed by atoms with E-state index in [0.717, 1.165) is 24.8 Å². The summed E-state index contributed by atoms with van der Waals surface area (Å²) in [7, 11) is 0. The number of hydrogen-bond donors (Lipinski definition) is 1. The topological polar surface area (TPSA) is 21.3 Å². The van der Waals surface area contributed by atoms with E-state index in [9.17, 15) is 0 Å². The molecule has 2 rings (SSSR count). The van der Waals surface area contributed by atoms with Crippen molar-refractivity contribution in [3.8, 4) is 5.75 Å². The molecule has 1 N–H and O–H groups in total. The van der Waals surface area contributed by atoms with E-state index in [4.69, 9.17) is 4.74 Å². The molecule has 0 aliphatic heterocycles. The van der Waals surface area contributed by atoms with Crippen LogP contribution in [0.3, 0.4) is 0 Å². The number of ether oxygens (including phenoxy) is 1. The van der Waals surface area contributed by atoms with Crippen molar-refractivity contribution >= 4 is 0 Å². The van der Waals surface area contributed by atoms with Crippen LogP contribution < -0.4 is 10.1 Å². The molecule has 2 nitrogen and oxygen atoms in total. The van der Waals surface area contributed by atoms with Gasteiger partial charge in [-0.2, -0.15) is 0 Å². The van der Waals surface area contributed by atoms with Crippen molar-refractivity contribution in [2.75, 3.05) is 6.54 Å². The van der Waals surface area contributed by atoms with Crippen LogP contribution >= 0.6 is 0 Å². The molecule has 1 aliphatic rings. The van der Waals surface area contributed by atoms with Crippen LogP contribution in [-0.4, -0.2) is 18.7 Å². The molecule has 1 aromatic carbocycles. The molecular weight excluding hydrogens is 210 g/mol. The van der Waals surface area contributed by atoms with Crippen LogP contribution in [0.5, 0.6) is 5.75 Å². The third-order valence-corrected chi connectivity index (χ3v) is 3.16. The molecule has 0 aromatic heterocycles. The molecule has 0 amide bonds. The van der Waals surface area contributed by atoms with Crippen LogP contribution in [-0.2, 0) is 0 Å². The minimum Gasteiger partial charge on any atom is -0.489 e. The van der Waals surface area contributed by atoms with Gasteiger partial charge in [0.2, 0.25) is 0 Å². The zero-order valence-corrected chi connectivity index (χ0v) is 11.1. The molecule has 1 fully saturated rings. The number of rotatable bonds is 6. The van der Waals surface area contributed by atoms with Gasteiger partial charge in [-0.1, -0.05) is 13.0 Å². The quantitative estimate of drug-likeness (QED) is 0.814. The smallest absolute Gasteiger partial charge is 0.120 e. The second kappa shape index (κ2) is 5.54. The molecule has 0 saturated heterocycles. The Kier molecular flexibility index (Phi) is 4.06. The average molecular weight is 233 g/mol. The van der Waals surface area contributed by atoms with E-state index in [1.54, 1.807) is 0 Å². The van der Waals surface area contributed by atoms with E-state index in [1.807, 2.05) is 0 Å². The lowest BCUT2D eigenvalue weighted by atomic mass is 10.1. The van der Waals surface area contributed by atoms with Crippen molar-refractivity contribution < 1.29 is 4.74 Å². The van der Waals surface area contributed by atoms with Crippen molar-refractivity contribution in [3.05, 3.63) is 29.3 Å². The molecule has 0 heterocycles. The predicted octanol–water partition coefficient (Wildman–Crippen LogP) is 3.21. The van der Waals surface area contributed by atoms with Crippen molar-refractivity contribution in [1.29, 1.82) is 0 Å². The zero-order chi connectivity index (χ0) is 12.3. The molecular formula is C15H23NO. The van der Waals surface area contributed by atoms with Gasteiger partial charge in [0.25, 0.3) is 0 Å². The Labute approximate surface area is 104 Å². The highest BCUT2D eigenvalue weighted by Crippen LogP contribution is 2.20. The molecule has 1 unspecified atom stereocenters. The van der Waals surface area contributed by atoms with Gasteiger partial charge in [0, 0.05) is 12.6 Å². The first kappa shape index (κ1) is 12.4. The largest absolute Gasteiger partial charge is 0.489 e. The monoisotopic (exact) mass is 233 g/mol. The molecule has 0 spiro atoms. The highest BCUT2D eigenvalue weighted by Gasteiger charge is 2.21. The molecule has 0 radical (unpaired) electrons. The fourth-order valence-corrected chi connectivity index (χ4v) is 2.05. The van der Waals surface area contributed by atoms with Crippen LogP contribution in [0.25, 0.3) is 0 Å². The van der Waals surface area contributed by atoms with E-state index < -0.39 is 0 Å². The van der Waals surface area contributed by atoms with Crippen LogP contribution in [0.15, 0.2) is 18.2 Å². The van der Waals surface area contributed by atoms with E-state index in [0.29, 0.717) is 0 Å². The van der Waals surface area contributed by atoms with E-state index in [1.165, 1.54) is 24.0 Å². The van der Waals surface area contributed by atoms with Gasteiger partial charge in [0.15, 0.2) is 0 Å². The number of aryl methyl sites for hydroxylation is 2. The highest BCUT2D eigenvalue weighted by atomic mass is 16.5. The van der Waals surface area contributed by atoms with E-state index >= 15 is 0 Å². The molecule has 1 aliphatic carbocycles. The van der Waals surface area contributed by atoms with Gasteiger partial charge in [0.1, 0.15) is 11.9 Å². The molecule has 1 saturated carbocycles. The van der Waals surface area contributed by atoms with Crippen molar-refractivity contribution in [2.24, 2.45) is 0 Å². The molecule has 1 aromatic rings. The van der Waals surface area contributed by atoms with Gasteiger partial charge in [-0.25, -0.2) is 0 Å². The lowest BCUT2D eigenvalue weighted by molar-refractivity contribution is 0.192. The minimum atomic E-state index is 0.289. The fourth-order valence-electron chi connectivity index (χ4n) is 2.05. The zero-order valence-electron chi connectivity index (χ0n) is 11.1. The fraction of sp³-hybridized carbons (Fsp3) is 0.600. The Bertz CT molecular complexity index is 351. The summed E-state index contributed by atoms with van der Waals surface area (Å²) < 4.78 is 6.04. The summed E-state index contributed by atoms with van der Waals surface area (Å²) in [6, 6.07) is 7.17. The van der Waals surface area contributed by atoms with Gasteiger partial charge >= 0.3 is 0 Å². The van der Waals surface area contributed by atoms with Crippen LogP contribution in [0, 0.1) is 13.8 Å². The Hall–Kier alpha value is -1.02. The van der Waals surface area contributed by atoms with Gasteiger partial charge in [-0.05, 0) is 56.4 Å². The highest BCUT2D eigenvalue weighted by molar-refractivity contribution is 5.33. The summed E-state index contributed by atoms with van der Waals surface area (Å²) in [5.74, 6) is 1.01.